The topological polar surface area (TPSA) is 71.5 Å². The Hall–Kier alpha value is -0.160. The van der Waals surface area contributed by atoms with E-state index in [-0.39, 0.29) is 21.7 Å². The number of hydrogen-bond acceptors (Lipinski definition) is 5. The summed E-state index contributed by atoms with van der Waals surface area (Å²) in [7, 11) is -7.62. The van der Waals surface area contributed by atoms with Crippen molar-refractivity contribution in [2.24, 2.45) is 0 Å². The highest BCUT2D eigenvalue weighted by Gasteiger charge is 2.39. The minimum absolute atomic E-state index is 0.0857. The van der Waals surface area contributed by atoms with Crippen LogP contribution in [0.5, 0.6) is 0 Å². The molecule has 0 bridgehead atoms. The Bertz CT molecular complexity index is 751. The molecule has 1 unspecified atom stereocenters. The van der Waals surface area contributed by atoms with Crippen molar-refractivity contribution >= 4 is 47.6 Å². The lowest BCUT2D eigenvalue weighted by molar-refractivity contribution is 0.404. The van der Waals surface area contributed by atoms with Crippen LogP contribution >= 0.6 is 27.7 Å². The van der Waals surface area contributed by atoms with E-state index >= 15 is 0 Å². The molecule has 5 nitrogen and oxygen atoms in total. The van der Waals surface area contributed by atoms with E-state index in [1.165, 1.54) is 23.9 Å². The summed E-state index contributed by atoms with van der Waals surface area (Å²) >= 11 is 4.34. The first-order chi connectivity index (χ1) is 9.64. The number of thioether (sulfide) groups is 1. The highest BCUT2D eigenvalue weighted by molar-refractivity contribution is 9.10. The van der Waals surface area contributed by atoms with Crippen molar-refractivity contribution in [1.82, 2.24) is 4.31 Å². The Balaban J connectivity index is 2.48. The summed E-state index contributed by atoms with van der Waals surface area (Å²) in [6, 6.07) is 3.43. The smallest absolute Gasteiger partial charge is 0.227 e. The maximum atomic E-state index is 13.6. The van der Waals surface area contributed by atoms with Crippen LogP contribution in [0.15, 0.2) is 27.6 Å². The van der Waals surface area contributed by atoms with Gasteiger partial charge in [0, 0.05) is 24.3 Å². The zero-order valence-electron chi connectivity index (χ0n) is 11.0. The van der Waals surface area contributed by atoms with Crippen LogP contribution in [0.2, 0.25) is 0 Å². The molecular formula is C11H13BrFNO4S3. The molecule has 1 heterocycles. The fraction of sp³-hybridized carbons (Fsp3) is 0.455. The molecule has 118 valence electrons. The van der Waals surface area contributed by atoms with E-state index in [4.69, 9.17) is 0 Å². The van der Waals surface area contributed by atoms with Gasteiger partial charge in [0.1, 0.15) is 11.2 Å². The molecule has 1 aliphatic heterocycles. The molecule has 2 rings (SSSR count). The van der Waals surface area contributed by atoms with Gasteiger partial charge in [-0.1, -0.05) is 0 Å². The molecule has 0 radical (unpaired) electrons. The molecule has 0 aliphatic carbocycles. The Labute approximate surface area is 136 Å². The second-order valence-electron chi connectivity index (χ2n) is 4.55. The van der Waals surface area contributed by atoms with E-state index in [1.807, 2.05) is 0 Å². The highest BCUT2D eigenvalue weighted by atomic mass is 79.9. The second kappa shape index (κ2) is 6.15. The molecule has 21 heavy (non-hydrogen) atoms. The van der Waals surface area contributed by atoms with Crippen LogP contribution in [0.4, 0.5) is 4.39 Å². The molecule has 0 N–H and O–H groups in total. The Morgan fingerprint density at radius 1 is 1.33 bits per heavy atom. The van der Waals surface area contributed by atoms with E-state index in [9.17, 15) is 21.2 Å². The van der Waals surface area contributed by atoms with Crippen molar-refractivity contribution in [2.45, 2.75) is 10.3 Å². The minimum Gasteiger partial charge on any atom is -0.227 e. The number of halogens is 2. The number of nitrogens with zero attached hydrogens (tertiary/aromatic N) is 1. The van der Waals surface area contributed by atoms with Crippen LogP contribution in [-0.4, -0.2) is 50.8 Å². The first-order valence-corrected chi connectivity index (χ1v) is 11.2. The Kier molecular flexibility index (Phi) is 5.04. The maximum Gasteiger partial charge on any atom is 0.244 e. The van der Waals surface area contributed by atoms with E-state index in [2.05, 4.69) is 15.9 Å². The molecule has 0 aromatic heterocycles. The van der Waals surface area contributed by atoms with Crippen molar-refractivity contribution in [3.8, 4) is 0 Å². The molecule has 1 aromatic rings. The Morgan fingerprint density at radius 2 is 2.00 bits per heavy atom. The first-order valence-electron chi connectivity index (χ1n) is 5.87. The quantitative estimate of drug-likeness (QED) is 0.748. The van der Waals surface area contributed by atoms with Gasteiger partial charge >= 0.3 is 0 Å². The molecule has 10 heteroatoms. The fourth-order valence-electron chi connectivity index (χ4n) is 1.95. The van der Waals surface area contributed by atoms with Gasteiger partial charge in [-0.3, -0.25) is 0 Å². The molecule has 0 spiro atoms. The van der Waals surface area contributed by atoms with Gasteiger partial charge in [0.05, 0.1) is 9.37 Å². The van der Waals surface area contributed by atoms with Gasteiger partial charge in [0.25, 0.3) is 0 Å². The number of rotatable bonds is 3. The highest BCUT2D eigenvalue weighted by Crippen LogP contribution is 2.28. The van der Waals surface area contributed by atoms with E-state index in [0.29, 0.717) is 5.75 Å². The van der Waals surface area contributed by atoms with Gasteiger partial charge in [0.15, 0.2) is 9.84 Å². The second-order valence-corrected chi connectivity index (χ2v) is 10.6. The summed E-state index contributed by atoms with van der Waals surface area (Å²) in [4.78, 5) is -0.247. The largest absolute Gasteiger partial charge is 0.244 e. The standard InChI is InChI=1S/C11H13BrFNO4S3/c1-20(15,16)11-7-19-5-4-14(11)21(17,18)8-2-3-9(12)10(13)6-8/h2-3,6,11H,4-5,7H2,1H3. The van der Waals surface area contributed by atoms with Crippen molar-refractivity contribution < 1.29 is 21.2 Å². The Morgan fingerprint density at radius 3 is 2.57 bits per heavy atom. The van der Waals surface area contributed by atoms with Gasteiger partial charge in [0.2, 0.25) is 10.0 Å². The maximum absolute atomic E-state index is 13.6. The predicted octanol–water partition coefficient (Wildman–Crippen LogP) is 1.70. The number of benzene rings is 1. The molecule has 1 aliphatic rings. The SMILES string of the molecule is CS(=O)(=O)C1CSCCN1S(=O)(=O)c1ccc(Br)c(F)c1. The molecule has 0 amide bonds. The van der Waals surface area contributed by atoms with Gasteiger partial charge in [-0.25, -0.2) is 21.2 Å². The first kappa shape index (κ1) is 17.2. The summed E-state index contributed by atoms with van der Waals surface area (Å²) < 4.78 is 63.4. The van der Waals surface area contributed by atoms with Gasteiger partial charge in [-0.2, -0.15) is 16.1 Å². The van der Waals surface area contributed by atoms with Crippen LogP contribution in [0, 0.1) is 5.82 Å². The number of hydrogen-bond donors (Lipinski definition) is 0. The molecule has 1 fully saturated rings. The van der Waals surface area contributed by atoms with Gasteiger partial charge in [-0.15, -0.1) is 0 Å². The minimum atomic E-state index is -4.05. The zero-order chi connectivity index (χ0) is 15.8. The third kappa shape index (κ3) is 3.61. The lowest BCUT2D eigenvalue weighted by Crippen LogP contribution is -2.49. The number of sulfonamides is 1. The number of sulfone groups is 1. The van der Waals surface area contributed by atoms with Crippen LogP contribution in [0.25, 0.3) is 0 Å². The normalized spacial score (nSPS) is 21.4. The molecule has 0 saturated carbocycles. The van der Waals surface area contributed by atoms with Crippen molar-refractivity contribution in [3.63, 3.8) is 0 Å². The van der Waals surface area contributed by atoms with Crippen LogP contribution in [0.1, 0.15) is 0 Å². The third-order valence-corrected chi connectivity index (χ3v) is 8.35. The fourth-order valence-corrected chi connectivity index (χ4v) is 7.38. The van der Waals surface area contributed by atoms with Crippen LogP contribution < -0.4 is 0 Å². The van der Waals surface area contributed by atoms with Crippen LogP contribution in [-0.2, 0) is 19.9 Å². The van der Waals surface area contributed by atoms with Crippen molar-refractivity contribution in [2.75, 3.05) is 24.3 Å². The molecular weight excluding hydrogens is 405 g/mol. The summed E-state index contributed by atoms with van der Waals surface area (Å²) in [5.41, 5.74) is 0. The van der Waals surface area contributed by atoms with E-state index in [1.54, 1.807) is 0 Å². The third-order valence-electron chi connectivity index (χ3n) is 3.03. The lowest BCUT2D eigenvalue weighted by atomic mass is 10.3. The van der Waals surface area contributed by atoms with Crippen molar-refractivity contribution in [3.05, 3.63) is 28.5 Å². The zero-order valence-corrected chi connectivity index (χ0v) is 15.0. The van der Waals surface area contributed by atoms with E-state index < -0.39 is 31.1 Å². The lowest BCUT2D eigenvalue weighted by Gasteiger charge is -2.32. The molecule has 1 saturated heterocycles. The predicted molar refractivity (Wildman–Crippen MR) is 83.9 cm³/mol. The summed E-state index contributed by atoms with van der Waals surface area (Å²) in [5, 5.41) is -1.12. The molecule has 1 aromatic carbocycles. The van der Waals surface area contributed by atoms with Gasteiger partial charge < -0.3 is 0 Å². The van der Waals surface area contributed by atoms with Crippen LogP contribution in [0.3, 0.4) is 0 Å². The summed E-state index contributed by atoms with van der Waals surface area (Å²) in [6.45, 7) is 0.0857. The summed E-state index contributed by atoms with van der Waals surface area (Å²) in [6.07, 6.45) is 1.01. The van der Waals surface area contributed by atoms with Crippen molar-refractivity contribution in [1.29, 1.82) is 0 Å². The average Bonchev–Trinajstić information content (AvgIpc) is 2.41. The van der Waals surface area contributed by atoms with E-state index in [0.717, 1.165) is 16.6 Å². The monoisotopic (exact) mass is 417 g/mol. The summed E-state index contributed by atoms with van der Waals surface area (Å²) in [5.74, 6) is -0.0280. The molecule has 1 atom stereocenters. The average molecular weight is 418 g/mol. The van der Waals surface area contributed by atoms with Gasteiger partial charge in [-0.05, 0) is 34.1 Å².